The van der Waals surface area contributed by atoms with Crippen LogP contribution in [0.4, 0.5) is 5.69 Å². The maximum Gasteiger partial charge on any atom is 0.234 e. The number of nitrogens with one attached hydrogen (secondary N) is 1. The van der Waals surface area contributed by atoms with Gasteiger partial charge in [-0.1, -0.05) is 35.9 Å². The molecule has 1 amide bonds. The first-order valence-corrected chi connectivity index (χ1v) is 7.38. The summed E-state index contributed by atoms with van der Waals surface area (Å²) < 4.78 is 5.39. The summed E-state index contributed by atoms with van der Waals surface area (Å²) in [6.45, 7) is 7.85. The van der Waals surface area contributed by atoms with Crippen molar-refractivity contribution in [1.82, 2.24) is 0 Å². The van der Waals surface area contributed by atoms with Crippen LogP contribution < -0.4 is 10.1 Å². The van der Waals surface area contributed by atoms with Gasteiger partial charge in [-0.2, -0.15) is 0 Å². The van der Waals surface area contributed by atoms with Crippen LogP contribution in [0.25, 0.3) is 0 Å². The second-order valence-corrected chi connectivity index (χ2v) is 6.10. The molecule has 0 spiro atoms. The van der Waals surface area contributed by atoms with E-state index in [-0.39, 0.29) is 5.91 Å². The Hall–Kier alpha value is -2.29. The van der Waals surface area contributed by atoms with Crippen molar-refractivity contribution in [2.75, 3.05) is 12.4 Å². The second-order valence-electron chi connectivity index (χ2n) is 6.10. The number of rotatable bonds is 4. The van der Waals surface area contributed by atoms with Gasteiger partial charge >= 0.3 is 0 Å². The number of ether oxygens (including phenoxy) is 1. The zero-order valence-corrected chi connectivity index (χ0v) is 13.9. The predicted octanol–water partition coefficient (Wildman–Crippen LogP) is 4.23. The molecule has 0 aromatic heterocycles. The van der Waals surface area contributed by atoms with E-state index >= 15 is 0 Å². The Balaban J connectivity index is 2.31. The summed E-state index contributed by atoms with van der Waals surface area (Å²) in [5, 5.41) is 3.03. The van der Waals surface area contributed by atoms with Crippen LogP contribution in [0.3, 0.4) is 0 Å². The molecule has 0 atom stereocenters. The van der Waals surface area contributed by atoms with E-state index in [1.54, 1.807) is 7.11 Å². The molecule has 1 N–H and O–H groups in total. The van der Waals surface area contributed by atoms with E-state index in [9.17, 15) is 4.79 Å². The lowest BCUT2D eigenvalue weighted by Crippen LogP contribution is -2.35. The minimum Gasteiger partial charge on any atom is -0.496 e. The molecule has 0 heterocycles. The predicted molar refractivity (Wildman–Crippen MR) is 90.6 cm³/mol. The molecule has 3 nitrogen and oxygen atoms in total. The van der Waals surface area contributed by atoms with Crippen LogP contribution in [0.1, 0.15) is 30.5 Å². The summed E-state index contributed by atoms with van der Waals surface area (Å²) in [5.74, 6) is 0.673. The van der Waals surface area contributed by atoms with Crippen LogP contribution in [-0.4, -0.2) is 13.0 Å². The van der Waals surface area contributed by atoms with Gasteiger partial charge in [-0.05, 0) is 45.4 Å². The Morgan fingerprint density at radius 3 is 2.41 bits per heavy atom. The van der Waals surface area contributed by atoms with Gasteiger partial charge in [-0.25, -0.2) is 0 Å². The molecule has 0 saturated carbocycles. The van der Waals surface area contributed by atoms with Crippen LogP contribution in [0.5, 0.6) is 5.75 Å². The van der Waals surface area contributed by atoms with Crippen LogP contribution in [0, 0.1) is 13.8 Å². The smallest absolute Gasteiger partial charge is 0.234 e. The second kappa shape index (κ2) is 6.22. The van der Waals surface area contributed by atoms with Gasteiger partial charge in [0.15, 0.2) is 0 Å². The SMILES string of the molecule is COc1ccccc1C(C)(C)C(=O)Nc1ccc(C)cc1C. The fraction of sp³-hybridized carbons (Fsp3) is 0.316. The van der Waals surface area contributed by atoms with Crippen molar-refractivity contribution in [1.29, 1.82) is 0 Å². The number of methoxy groups -OCH3 is 1. The normalized spacial score (nSPS) is 11.1. The highest BCUT2D eigenvalue weighted by atomic mass is 16.5. The quantitative estimate of drug-likeness (QED) is 0.917. The molecule has 2 aromatic rings. The van der Waals surface area contributed by atoms with Gasteiger partial charge in [0.2, 0.25) is 5.91 Å². The van der Waals surface area contributed by atoms with E-state index in [2.05, 4.69) is 11.4 Å². The van der Waals surface area contributed by atoms with Gasteiger partial charge in [-0.15, -0.1) is 0 Å². The Bertz CT molecular complexity index is 690. The number of carbonyl (C=O) groups is 1. The number of para-hydroxylation sites is 1. The van der Waals surface area contributed by atoms with Crippen LogP contribution in [-0.2, 0) is 10.2 Å². The summed E-state index contributed by atoms with van der Waals surface area (Å²) in [6, 6.07) is 13.6. The molecular formula is C19H23NO2. The number of hydrogen-bond acceptors (Lipinski definition) is 2. The summed E-state index contributed by atoms with van der Waals surface area (Å²) in [6.07, 6.45) is 0. The lowest BCUT2D eigenvalue weighted by atomic mass is 9.83. The van der Waals surface area contributed by atoms with E-state index in [1.807, 2.05) is 64.1 Å². The molecule has 0 aliphatic rings. The lowest BCUT2D eigenvalue weighted by Gasteiger charge is -2.26. The van der Waals surface area contributed by atoms with Crippen molar-refractivity contribution in [3.63, 3.8) is 0 Å². The molecule has 0 fully saturated rings. The molecule has 0 aliphatic heterocycles. The number of amides is 1. The molecule has 2 aromatic carbocycles. The van der Waals surface area contributed by atoms with E-state index in [4.69, 9.17) is 4.74 Å². The molecule has 2 rings (SSSR count). The van der Waals surface area contributed by atoms with Crippen molar-refractivity contribution in [3.8, 4) is 5.75 Å². The van der Waals surface area contributed by atoms with Gasteiger partial charge in [0.1, 0.15) is 5.75 Å². The summed E-state index contributed by atoms with van der Waals surface area (Å²) >= 11 is 0. The third kappa shape index (κ3) is 3.14. The Labute approximate surface area is 132 Å². The summed E-state index contributed by atoms with van der Waals surface area (Å²) in [5.41, 5.74) is 3.27. The third-order valence-corrected chi connectivity index (χ3v) is 3.98. The van der Waals surface area contributed by atoms with Crippen LogP contribution in [0.2, 0.25) is 0 Å². The average Bonchev–Trinajstić information content (AvgIpc) is 2.49. The van der Waals surface area contributed by atoms with E-state index in [0.717, 1.165) is 22.6 Å². The number of benzene rings is 2. The fourth-order valence-electron chi connectivity index (χ4n) is 2.52. The molecule has 0 saturated heterocycles. The summed E-state index contributed by atoms with van der Waals surface area (Å²) in [7, 11) is 1.62. The molecule has 22 heavy (non-hydrogen) atoms. The third-order valence-electron chi connectivity index (χ3n) is 3.98. The largest absolute Gasteiger partial charge is 0.496 e. The highest BCUT2D eigenvalue weighted by Gasteiger charge is 2.32. The van der Waals surface area contributed by atoms with Crippen LogP contribution >= 0.6 is 0 Å². The lowest BCUT2D eigenvalue weighted by molar-refractivity contribution is -0.120. The summed E-state index contributed by atoms with van der Waals surface area (Å²) in [4.78, 5) is 12.8. The molecule has 0 bridgehead atoms. The Morgan fingerprint density at radius 2 is 1.77 bits per heavy atom. The van der Waals surface area contributed by atoms with Crippen molar-refractivity contribution in [3.05, 3.63) is 59.2 Å². The highest BCUT2D eigenvalue weighted by Crippen LogP contribution is 2.32. The first-order chi connectivity index (χ1) is 10.4. The van der Waals surface area contributed by atoms with E-state index < -0.39 is 5.41 Å². The first-order valence-electron chi connectivity index (χ1n) is 7.38. The number of aryl methyl sites for hydroxylation is 2. The topological polar surface area (TPSA) is 38.3 Å². The highest BCUT2D eigenvalue weighted by molar-refractivity contribution is 5.99. The average molecular weight is 297 g/mol. The van der Waals surface area contributed by atoms with Gasteiger partial charge in [0, 0.05) is 11.3 Å². The zero-order valence-electron chi connectivity index (χ0n) is 13.9. The molecule has 0 radical (unpaired) electrons. The minimum atomic E-state index is -0.691. The molecule has 3 heteroatoms. The molecular weight excluding hydrogens is 274 g/mol. The Morgan fingerprint density at radius 1 is 1.09 bits per heavy atom. The van der Waals surface area contributed by atoms with E-state index in [1.165, 1.54) is 5.56 Å². The van der Waals surface area contributed by atoms with E-state index in [0.29, 0.717) is 0 Å². The standard InChI is InChI=1S/C19H23NO2/c1-13-10-11-16(14(2)12-13)20-18(21)19(3,4)15-8-6-7-9-17(15)22-5/h6-12H,1-5H3,(H,20,21). The monoisotopic (exact) mass is 297 g/mol. The molecule has 0 aliphatic carbocycles. The van der Waals surface area contributed by atoms with Crippen LogP contribution in [0.15, 0.2) is 42.5 Å². The van der Waals surface area contributed by atoms with Crippen molar-refractivity contribution >= 4 is 11.6 Å². The van der Waals surface area contributed by atoms with Gasteiger partial charge in [0.25, 0.3) is 0 Å². The Kier molecular flexibility index (Phi) is 4.55. The number of carbonyl (C=O) groups excluding carboxylic acids is 1. The number of anilines is 1. The van der Waals surface area contributed by atoms with Gasteiger partial charge in [-0.3, -0.25) is 4.79 Å². The van der Waals surface area contributed by atoms with Crippen molar-refractivity contribution in [2.45, 2.75) is 33.1 Å². The maximum atomic E-state index is 12.8. The van der Waals surface area contributed by atoms with Crippen molar-refractivity contribution in [2.24, 2.45) is 0 Å². The zero-order chi connectivity index (χ0) is 16.3. The molecule has 0 unspecified atom stereocenters. The fourth-order valence-corrected chi connectivity index (χ4v) is 2.52. The van der Waals surface area contributed by atoms with Gasteiger partial charge in [0.05, 0.1) is 12.5 Å². The minimum absolute atomic E-state index is 0.0519. The van der Waals surface area contributed by atoms with Crippen molar-refractivity contribution < 1.29 is 9.53 Å². The molecule has 116 valence electrons. The maximum absolute atomic E-state index is 12.8. The number of hydrogen-bond donors (Lipinski definition) is 1. The van der Waals surface area contributed by atoms with Gasteiger partial charge < -0.3 is 10.1 Å². The first kappa shape index (κ1) is 16.1.